The lowest BCUT2D eigenvalue weighted by Gasteiger charge is -2.18. The highest BCUT2D eigenvalue weighted by molar-refractivity contribution is 5.71. The maximum Gasteiger partial charge on any atom is 0.306 e. The van der Waals surface area contributed by atoms with E-state index in [-0.39, 0.29) is 37.5 Å². The Bertz CT molecular complexity index is 1390. The van der Waals surface area contributed by atoms with Crippen molar-refractivity contribution in [3.8, 4) is 0 Å². The molecular formula is C61H100O6. The molecule has 0 saturated carbocycles. The second-order valence-electron chi connectivity index (χ2n) is 17.8. The zero-order chi connectivity index (χ0) is 48.6. The molecule has 0 aromatic heterocycles. The van der Waals surface area contributed by atoms with Crippen LogP contribution in [0.4, 0.5) is 0 Å². The van der Waals surface area contributed by atoms with Crippen LogP contribution in [0.2, 0.25) is 0 Å². The number of carbonyl (C=O) groups is 3. The van der Waals surface area contributed by atoms with Crippen molar-refractivity contribution >= 4 is 17.9 Å². The van der Waals surface area contributed by atoms with Gasteiger partial charge in [0.15, 0.2) is 6.10 Å². The minimum Gasteiger partial charge on any atom is -0.462 e. The van der Waals surface area contributed by atoms with Gasteiger partial charge in [0.05, 0.1) is 0 Å². The minimum absolute atomic E-state index is 0.107. The molecule has 6 nitrogen and oxygen atoms in total. The molecule has 0 radical (unpaired) electrons. The lowest BCUT2D eigenvalue weighted by molar-refractivity contribution is -0.167. The molecule has 0 heterocycles. The maximum absolute atomic E-state index is 12.8. The molecule has 67 heavy (non-hydrogen) atoms. The van der Waals surface area contributed by atoms with Gasteiger partial charge in [0.1, 0.15) is 13.2 Å². The van der Waals surface area contributed by atoms with Crippen LogP contribution in [0.5, 0.6) is 0 Å². The molecule has 0 bridgehead atoms. The number of hydrogen-bond donors (Lipinski definition) is 0. The average Bonchev–Trinajstić information content (AvgIpc) is 3.33. The van der Waals surface area contributed by atoms with E-state index < -0.39 is 6.10 Å². The van der Waals surface area contributed by atoms with Gasteiger partial charge in [0.25, 0.3) is 0 Å². The second kappa shape index (κ2) is 54.7. The summed E-state index contributed by atoms with van der Waals surface area (Å²) in [5.74, 6) is -0.988. The molecule has 0 aliphatic heterocycles. The van der Waals surface area contributed by atoms with Crippen LogP contribution in [0.25, 0.3) is 0 Å². The summed E-state index contributed by atoms with van der Waals surface area (Å²) in [4.78, 5) is 38.1. The van der Waals surface area contributed by atoms with E-state index >= 15 is 0 Å². The van der Waals surface area contributed by atoms with Gasteiger partial charge >= 0.3 is 17.9 Å². The van der Waals surface area contributed by atoms with Crippen LogP contribution in [0.3, 0.4) is 0 Å². The summed E-state index contributed by atoms with van der Waals surface area (Å²) in [6, 6.07) is 0. The van der Waals surface area contributed by atoms with Crippen molar-refractivity contribution < 1.29 is 28.6 Å². The van der Waals surface area contributed by atoms with E-state index in [9.17, 15) is 14.4 Å². The first-order valence-electron chi connectivity index (χ1n) is 27.4. The molecule has 0 aliphatic carbocycles. The normalized spacial score (nSPS) is 12.9. The van der Waals surface area contributed by atoms with Crippen molar-refractivity contribution in [2.45, 2.75) is 245 Å². The fourth-order valence-electron chi connectivity index (χ4n) is 7.14. The number of hydrogen-bond acceptors (Lipinski definition) is 6. The summed E-state index contributed by atoms with van der Waals surface area (Å²) in [5.41, 5.74) is 0. The van der Waals surface area contributed by atoms with Gasteiger partial charge in [-0.1, -0.05) is 214 Å². The van der Waals surface area contributed by atoms with E-state index in [2.05, 4.69) is 130 Å². The fraction of sp³-hybridized carbons (Fsp3) is 0.656. The van der Waals surface area contributed by atoms with Crippen molar-refractivity contribution in [1.29, 1.82) is 0 Å². The van der Waals surface area contributed by atoms with Crippen LogP contribution in [-0.4, -0.2) is 37.2 Å². The second-order valence-corrected chi connectivity index (χ2v) is 17.8. The minimum atomic E-state index is -0.812. The van der Waals surface area contributed by atoms with Gasteiger partial charge in [-0.05, 0) is 116 Å². The van der Waals surface area contributed by atoms with Crippen molar-refractivity contribution in [3.05, 3.63) is 109 Å². The molecule has 0 spiro atoms. The van der Waals surface area contributed by atoms with Gasteiger partial charge in [-0.15, -0.1) is 0 Å². The summed E-state index contributed by atoms with van der Waals surface area (Å²) < 4.78 is 16.8. The zero-order valence-electron chi connectivity index (χ0n) is 43.4. The van der Waals surface area contributed by atoms with Gasteiger partial charge in [0.2, 0.25) is 0 Å². The molecule has 0 saturated heterocycles. The van der Waals surface area contributed by atoms with Crippen LogP contribution < -0.4 is 0 Å². The number of esters is 3. The fourth-order valence-corrected chi connectivity index (χ4v) is 7.14. The van der Waals surface area contributed by atoms with Crippen LogP contribution >= 0.6 is 0 Å². The van der Waals surface area contributed by atoms with Gasteiger partial charge < -0.3 is 14.2 Å². The topological polar surface area (TPSA) is 78.9 Å². The third kappa shape index (κ3) is 52.9. The maximum atomic E-state index is 12.8. The molecule has 0 amide bonds. The van der Waals surface area contributed by atoms with E-state index in [0.717, 1.165) is 103 Å². The highest BCUT2D eigenvalue weighted by Gasteiger charge is 2.19. The highest BCUT2D eigenvalue weighted by Crippen LogP contribution is 2.13. The van der Waals surface area contributed by atoms with E-state index in [1.807, 2.05) is 0 Å². The van der Waals surface area contributed by atoms with Gasteiger partial charge in [-0.3, -0.25) is 14.4 Å². The van der Waals surface area contributed by atoms with E-state index in [0.29, 0.717) is 19.3 Å². The molecule has 0 rings (SSSR count). The Hall–Kier alpha value is -3.93. The van der Waals surface area contributed by atoms with E-state index in [4.69, 9.17) is 14.2 Å². The smallest absolute Gasteiger partial charge is 0.306 e. The Kier molecular flexibility index (Phi) is 51.5. The van der Waals surface area contributed by atoms with Gasteiger partial charge in [0, 0.05) is 19.3 Å². The predicted molar refractivity (Wildman–Crippen MR) is 288 cm³/mol. The standard InChI is InChI=1S/C61H100O6/c1-4-7-10-13-16-19-22-25-28-30-33-36-39-42-45-48-51-54-60(63)66-57-58(56-65-59(62)53-50-47-44-41-38-35-32-27-24-21-18-15-12-9-6-3)67-61(64)55-52-49-46-43-40-37-34-31-29-26-23-20-17-14-11-8-5-2/h7,10,16-21,24-29,33,36,42,45,58H,4-6,8-9,11-15,22-23,30-32,34-35,37-41,43-44,46-57H2,1-3H3/b10-7-,19-16-,20-17-,21-18-,27-24-,28-25-,29-26-,36-33-,45-42-. The Morgan fingerprint density at radius 1 is 0.328 bits per heavy atom. The highest BCUT2D eigenvalue weighted by atomic mass is 16.6. The van der Waals surface area contributed by atoms with Crippen LogP contribution in [-0.2, 0) is 28.6 Å². The summed E-state index contributed by atoms with van der Waals surface area (Å²) in [6.45, 7) is 6.40. The van der Waals surface area contributed by atoms with E-state index in [1.54, 1.807) is 0 Å². The Balaban J connectivity index is 4.52. The number of allylic oxidation sites excluding steroid dienone is 18. The number of ether oxygens (including phenoxy) is 3. The predicted octanol–water partition coefficient (Wildman–Crippen LogP) is 18.3. The summed E-state index contributed by atoms with van der Waals surface area (Å²) in [7, 11) is 0. The van der Waals surface area contributed by atoms with Crippen LogP contribution in [0.1, 0.15) is 239 Å². The quantitative estimate of drug-likeness (QED) is 0.0199. The van der Waals surface area contributed by atoms with Crippen molar-refractivity contribution in [2.24, 2.45) is 0 Å². The van der Waals surface area contributed by atoms with Crippen molar-refractivity contribution in [2.75, 3.05) is 13.2 Å². The molecule has 1 unspecified atom stereocenters. The molecule has 380 valence electrons. The van der Waals surface area contributed by atoms with Crippen molar-refractivity contribution in [1.82, 2.24) is 0 Å². The van der Waals surface area contributed by atoms with Gasteiger partial charge in [-0.2, -0.15) is 0 Å². The van der Waals surface area contributed by atoms with E-state index in [1.165, 1.54) is 89.9 Å². The number of unbranched alkanes of at least 4 members (excludes halogenated alkanes) is 20. The third-order valence-electron chi connectivity index (χ3n) is 11.3. The lowest BCUT2D eigenvalue weighted by atomic mass is 10.1. The first-order valence-corrected chi connectivity index (χ1v) is 27.4. The molecule has 0 aromatic rings. The molecule has 1 atom stereocenters. The number of rotatable bonds is 48. The van der Waals surface area contributed by atoms with Gasteiger partial charge in [-0.25, -0.2) is 0 Å². The number of carbonyl (C=O) groups excluding carboxylic acids is 3. The lowest BCUT2D eigenvalue weighted by Crippen LogP contribution is -2.30. The monoisotopic (exact) mass is 929 g/mol. The zero-order valence-corrected chi connectivity index (χ0v) is 43.4. The molecule has 0 aliphatic rings. The Labute approximate surface area is 412 Å². The van der Waals surface area contributed by atoms with Crippen molar-refractivity contribution in [3.63, 3.8) is 0 Å². The SMILES string of the molecule is CC/C=C\C/C=C\C/C=C\C/C=C\C/C=C\CCCC(=O)OCC(COC(=O)CCCCCCCC/C=C\C=C/CCCCC)OC(=O)CCCCCCCCC/C=C\C/C=C\CCCCC. The summed E-state index contributed by atoms with van der Waals surface area (Å²) in [5, 5.41) is 0. The third-order valence-corrected chi connectivity index (χ3v) is 11.3. The largest absolute Gasteiger partial charge is 0.462 e. The average molecular weight is 929 g/mol. The summed E-state index contributed by atoms with van der Waals surface area (Å²) >= 11 is 0. The molecule has 0 N–H and O–H groups in total. The Morgan fingerprint density at radius 2 is 0.642 bits per heavy atom. The molecule has 6 heteroatoms. The van der Waals surface area contributed by atoms with Crippen LogP contribution in [0.15, 0.2) is 109 Å². The summed E-state index contributed by atoms with van der Waals surface area (Å²) in [6.07, 6.45) is 73.6. The molecule has 0 fully saturated rings. The molecular weight excluding hydrogens is 829 g/mol. The van der Waals surface area contributed by atoms with Crippen LogP contribution in [0, 0.1) is 0 Å². The Morgan fingerprint density at radius 3 is 1.06 bits per heavy atom. The molecule has 0 aromatic carbocycles. The first-order chi connectivity index (χ1) is 33.0. The first kappa shape index (κ1) is 63.1.